The van der Waals surface area contributed by atoms with Crippen molar-refractivity contribution in [3.63, 3.8) is 0 Å². The van der Waals surface area contributed by atoms with E-state index in [1.54, 1.807) is 0 Å². The monoisotopic (exact) mass is 687 g/mol. The summed E-state index contributed by atoms with van der Waals surface area (Å²) in [5.74, 6) is 0. The molecule has 3 aliphatic rings. The van der Waals surface area contributed by atoms with E-state index in [0.29, 0.717) is 0 Å². The van der Waals surface area contributed by atoms with E-state index in [0.717, 1.165) is 27.6 Å². The summed E-state index contributed by atoms with van der Waals surface area (Å²) in [5.41, 5.74) is 20.9. The van der Waals surface area contributed by atoms with Crippen LogP contribution in [0.2, 0.25) is 0 Å². The Balaban J connectivity index is 1.07. The number of para-hydroxylation sites is 1. The Morgan fingerprint density at radius 2 is 1.02 bits per heavy atom. The molecule has 2 heteroatoms. The van der Waals surface area contributed by atoms with E-state index in [2.05, 4.69) is 182 Å². The van der Waals surface area contributed by atoms with Crippen LogP contribution in [0.3, 0.4) is 0 Å². The third-order valence-electron chi connectivity index (χ3n) is 13.2. The van der Waals surface area contributed by atoms with Crippen LogP contribution in [0.1, 0.15) is 47.2 Å². The molecule has 1 spiro atoms. The number of fused-ring (bicyclic) bond motifs is 20. The van der Waals surface area contributed by atoms with E-state index in [-0.39, 0.29) is 5.41 Å². The molecule has 0 N–H and O–H groups in total. The highest BCUT2D eigenvalue weighted by atomic mass is 16.3. The Hall–Kier alpha value is -6.64. The van der Waals surface area contributed by atoms with Gasteiger partial charge in [0.05, 0.1) is 16.4 Å². The van der Waals surface area contributed by atoms with Crippen molar-refractivity contribution in [1.82, 2.24) is 4.57 Å². The quantitative estimate of drug-likeness (QED) is 0.168. The first-order valence-corrected chi connectivity index (χ1v) is 19.0. The van der Waals surface area contributed by atoms with Crippen LogP contribution in [0, 0.1) is 0 Å². The van der Waals surface area contributed by atoms with Crippen LogP contribution in [0.4, 0.5) is 0 Å². The van der Waals surface area contributed by atoms with Gasteiger partial charge in [-0.15, -0.1) is 0 Å². The molecule has 0 atom stereocenters. The number of nitrogens with zero attached hydrogens (tertiary/aromatic N) is 1. The lowest BCUT2D eigenvalue weighted by molar-refractivity contribution is 0.661. The van der Waals surface area contributed by atoms with Crippen LogP contribution < -0.4 is 0 Å². The molecule has 2 aromatic heterocycles. The molecule has 0 unspecified atom stereocenters. The summed E-state index contributed by atoms with van der Waals surface area (Å²) in [6, 6.07) is 61.1. The van der Waals surface area contributed by atoms with Gasteiger partial charge in [-0.1, -0.05) is 141 Å². The Labute approximate surface area is 312 Å². The molecule has 0 amide bonds. The van der Waals surface area contributed by atoms with Gasteiger partial charge in [-0.3, -0.25) is 0 Å². The smallest absolute Gasteiger partial charge is 0.143 e. The molecule has 0 bridgehead atoms. The minimum atomic E-state index is -0.395. The van der Waals surface area contributed by atoms with Gasteiger partial charge in [-0.05, 0) is 97.6 Å². The van der Waals surface area contributed by atoms with Gasteiger partial charge >= 0.3 is 0 Å². The first kappa shape index (κ1) is 28.9. The molecule has 0 saturated heterocycles. The molecule has 54 heavy (non-hydrogen) atoms. The van der Waals surface area contributed by atoms with E-state index in [9.17, 15) is 0 Å². The molecular weight excluding hydrogens is 655 g/mol. The Morgan fingerprint density at radius 3 is 1.76 bits per heavy atom. The molecule has 2 heterocycles. The van der Waals surface area contributed by atoms with Crippen molar-refractivity contribution >= 4 is 43.7 Å². The first-order valence-electron chi connectivity index (χ1n) is 19.0. The molecular formula is C52H33NO. The maximum absolute atomic E-state index is 6.99. The average molecular weight is 688 g/mol. The zero-order valence-corrected chi connectivity index (χ0v) is 29.9. The minimum Gasteiger partial charge on any atom is -0.455 e. The Kier molecular flexibility index (Phi) is 5.17. The van der Waals surface area contributed by atoms with Crippen molar-refractivity contribution in [1.29, 1.82) is 0 Å². The number of furan rings is 1. The highest BCUT2D eigenvalue weighted by molar-refractivity contribution is 6.15. The summed E-state index contributed by atoms with van der Waals surface area (Å²) in [6.07, 6.45) is 0. The number of rotatable bonds is 1. The molecule has 0 radical (unpaired) electrons. The van der Waals surface area contributed by atoms with E-state index in [4.69, 9.17) is 4.42 Å². The van der Waals surface area contributed by atoms with Crippen LogP contribution in [0.15, 0.2) is 168 Å². The lowest BCUT2D eigenvalue weighted by Gasteiger charge is -2.30. The fourth-order valence-corrected chi connectivity index (χ4v) is 11.0. The van der Waals surface area contributed by atoms with Gasteiger partial charge in [-0.25, -0.2) is 0 Å². The largest absolute Gasteiger partial charge is 0.455 e. The standard InChI is InChI=1S/C52H33NO/c1-51(2)40-18-8-3-15-33(40)37-28-38-34-16-7-12-22-46(34)53(47(38)29-45(37)51)30-23-26-48-39(27-30)35-24-25-44-49(50(35)54-48)36-17-6-11-21-43(36)52(44)41-19-9-4-13-31(41)32-14-5-10-20-42(32)52/h3-29H,1-2H3. The average Bonchev–Trinajstić information content (AvgIpc) is 3.97. The molecule has 0 aliphatic heterocycles. The summed E-state index contributed by atoms with van der Waals surface area (Å²) in [4.78, 5) is 0. The predicted octanol–water partition coefficient (Wildman–Crippen LogP) is 13.3. The third kappa shape index (κ3) is 3.23. The van der Waals surface area contributed by atoms with E-state index < -0.39 is 5.41 Å². The zero-order chi connectivity index (χ0) is 35.5. The molecule has 252 valence electrons. The van der Waals surface area contributed by atoms with E-state index >= 15 is 0 Å². The van der Waals surface area contributed by atoms with Crippen LogP contribution in [-0.2, 0) is 10.8 Å². The molecule has 0 fully saturated rings. The van der Waals surface area contributed by atoms with Gasteiger partial charge in [0.15, 0.2) is 0 Å². The molecule has 0 saturated carbocycles. The van der Waals surface area contributed by atoms with Gasteiger partial charge in [-0.2, -0.15) is 0 Å². The van der Waals surface area contributed by atoms with Crippen LogP contribution in [-0.4, -0.2) is 4.57 Å². The van der Waals surface area contributed by atoms with E-state index in [1.807, 2.05) is 0 Å². The summed E-state index contributed by atoms with van der Waals surface area (Å²) >= 11 is 0. The summed E-state index contributed by atoms with van der Waals surface area (Å²) in [5, 5.41) is 4.84. The second kappa shape index (κ2) is 9.66. The lowest BCUT2D eigenvalue weighted by Crippen LogP contribution is -2.25. The first-order chi connectivity index (χ1) is 26.5. The normalized spacial score (nSPS) is 15.1. The SMILES string of the molecule is CC1(C)c2ccccc2-c2cc3c4ccccc4n(-c4ccc5oc6c7c(ccc6c5c4)C4(c5ccccc5-c5ccccc54)c4ccccc4-7)c3cc21. The topological polar surface area (TPSA) is 18.1 Å². The number of benzene rings is 8. The maximum atomic E-state index is 6.99. The second-order valence-electron chi connectivity index (χ2n) is 16.0. The molecule has 2 nitrogen and oxygen atoms in total. The second-order valence-corrected chi connectivity index (χ2v) is 16.0. The summed E-state index contributed by atoms with van der Waals surface area (Å²) in [6.45, 7) is 4.73. The van der Waals surface area contributed by atoms with Crippen molar-refractivity contribution in [2.45, 2.75) is 24.7 Å². The fraction of sp³-hybridized carbons (Fsp3) is 0.0769. The lowest BCUT2D eigenvalue weighted by atomic mass is 9.70. The number of hydrogen-bond acceptors (Lipinski definition) is 1. The zero-order valence-electron chi connectivity index (χ0n) is 29.9. The summed E-state index contributed by atoms with van der Waals surface area (Å²) in [7, 11) is 0. The highest BCUT2D eigenvalue weighted by Crippen LogP contribution is 2.64. The summed E-state index contributed by atoms with van der Waals surface area (Å²) < 4.78 is 9.46. The maximum Gasteiger partial charge on any atom is 0.143 e. The van der Waals surface area contributed by atoms with Gasteiger partial charge in [0, 0.05) is 38.2 Å². The van der Waals surface area contributed by atoms with Gasteiger partial charge in [0.2, 0.25) is 0 Å². The Morgan fingerprint density at radius 1 is 0.407 bits per heavy atom. The van der Waals surface area contributed by atoms with Crippen molar-refractivity contribution < 1.29 is 4.42 Å². The van der Waals surface area contributed by atoms with Crippen molar-refractivity contribution in [3.8, 4) is 39.1 Å². The van der Waals surface area contributed by atoms with Gasteiger partial charge < -0.3 is 8.98 Å². The van der Waals surface area contributed by atoms with Crippen molar-refractivity contribution in [2.24, 2.45) is 0 Å². The molecule has 3 aliphatic carbocycles. The van der Waals surface area contributed by atoms with Crippen LogP contribution in [0.5, 0.6) is 0 Å². The van der Waals surface area contributed by atoms with E-state index in [1.165, 1.54) is 88.6 Å². The highest BCUT2D eigenvalue weighted by Gasteiger charge is 2.52. The van der Waals surface area contributed by atoms with Crippen LogP contribution in [0.25, 0.3) is 82.8 Å². The number of aromatic nitrogens is 1. The van der Waals surface area contributed by atoms with Crippen molar-refractivity contribution in [2.75, 3.05) is 0 Å². The Bertz CT molecular complexity index is 3270. The van der Waals surface area contributed by atoms with Crippen LogP contribution >= 0.6 is 0 Å². The van der Waals surface area contributed by atoms with Crippen molar-refractivity contribution in [3.05, 3.63) is 197 Å². The third-order valence-corrected chi connectivity index (χ3v) is 13.2. The predicted molar refractivity (Wildman–Crippen MR) is 222 cm³/mol. The molecule has 8 aromatic carbocycles. The minimum absolute atomic E-state index is 0.0828. The van der Waals surface area contributed by atoms with Gasteiger partial charge in [0.1, 0.15) is 11.2 Å². The fourth-order valence-electron chi connectivity index (χ4n) is 11.0. The molecule has 13 rings (SSSR count). The number of hydrogen-bond donors (Lipinski definition) is 0. The molecule has 10 aromatic rings. The van der Waals surface area contributed by atoms with Gasteiger partial charge in [0.25, 0.3) is 0 Å².